The molecular formula is C25H25FN6O. The molecule has 0 bridgehead atoms. The summed E-state index contributed by atoms with van der Waals surface area (Å²) < 4.78 is 15.6. The Morgan fingerprint density at radius 2 is 1.88 bits per heavy atom. The molecule has 168 valence electrons. The first-order chi connectivity index (χ1) is 16.1. The Bertz CT molecular complexity index is 1380. The van der Waals surface area contributed by atoms with E-state index in [4.69, 9.17) is 4.98 Å². The fourth-order valence-electron chi connectivity index (χ4n) is 4.35. The fourth-order valence-corrected chi connectivity index (χ4v) is 4.35. The summed E-state index contributed by atoms with van der Waals surface area (Å²) >= 11 is 0. The maximum Gasteiger partial charge on any atom is 0.255 e. The average Bonchev–Trinajstić information content (AvgIpc) is 2.83. The maximum absolute atomic E-state index is 14.2. The molecule has 1 aliphatic rings. The van der Waals surface area contributed by atoms with Gasteiger partial charge in [0.15, 0.2) is 5.82 Å². The van der Waals surface area contributed by atoms with Crippen molar-refractivity contribution in [3.8, 4) is 11.3 Å². The lowest BCUT2D eigenvalue weighted by molar-refractivity contribution is 0.624. The molecule has 33 heavy (non-hydrogen) atoms. The Hall–Kier alpha value is -3.81. The molecule has 7 nitrogen and oxygen atoms in total. The van der Waals surface area contributed by atoms with Crippen molar-refractivity contribution in [2.24, 2.45) is 7.05 Å². The number of nitrogens with one attached hydrogen (secondary N) is 2. The molecule has 1 aliphatic carbocycles. The van der Waals surface area contributed by atoms with Crippen LogP contribution in [0.5, 0.6) is 0 Å². The Labute approximate surface area is 190 Å². The molecule has 1 aromatic carbocycles. The topological polar surface area (TPSA) is 84.7 Å². The first-order valence-electron chi connectivity index (χ1n) is 11.2. The number of hydrogen-bond donors (Lipinski definition) is 2. The van der Waals surface area contributed by atoms with E-state index in [0.717, 1.165) is 35.6 Å². The van der Waals surface area contributed by atoms with Gasteiger partial charge in [0.05, 0.1) is 17.4 Å². The van der Waals surface area contributed by atoms with Crippen molar-refractivity contribution in [2.75, 3.05) is 23.7 Å². The highest BCUT2D eigenvalue weighted by molar-refractivity contribution is 5.93. The molecule has 0 amide bonds. The minimum absolute atomic E-state index is 0.249. The maximum atomic E-state index is 14.2. The summed E-state index contributed by atoms with van der Waals surface area (Å²) in [6, 6.07) is 11.0. The number of para-hydroxylation sites is 1. The van der Waals surface area contributed by atoms with Crippen LogP contribution in [0.2, 0.25) is 0 Å². The fraction of sp³-hybridized carbons (Fsp3) is 0.280. The molecule has 0 saturated heterocycles. The van der Waals surface area contributed by atoms with E-state index in [2.05, 4.69) is 32.7 Å². The smallest absolute Gasteiger partial charge is 0.255 e. The van der Waals surface area contributed by atoms with E-state index in [0.29, 0.717) is 19.0 Å². The summed E-state index contributed by atoms with van der Waals surface area (Å²) in [6.07, 6.45) is 6.98. The van der Waals surface area contributed by atoms with Gasteiger partial charge >= 0.3 is 0 Å². The van der Waals surface area contributed by atoms with E-state index < -0.39 is 5.82 Å². The van der Waals surface area contributed by atoms with Crippen LogP contribution < -0.4 is 16.2 Å². The van der Waals surface area contributed by atoms with Crippen molar-refractivity contribution >= 4 is 22.5 Å². The second-order valence-electron chi connectivity index (χ2n) is 8.21. The van der Waals surface area contributed by atoms with Gasteiger partial charge in [-0.15, -0.1) is 0 Å². The molecule has 0 unspecified atom stereocenters. The monoisotopic (exact) mass is 444 g/mol. The van der Waals surface area contributed by atoms with E-state index in [-0.39, 0.29) is 16.8 Å². The minimum atomic E-state index is -0.514. The van der Waals surface area contributed by atoms with Crippen molar-refractivity contribution in [2.45, 2.75) is 25.7 Å². The largest absolute Gasteiger partial charge is 0.382 e. The number of benzene rings is 1. The minimum Gasteiger partial charge on any atom is -0.382 e. The quantitative estimate of drug-likeness (QED) is 0.439. The number of nitrogens with zero attached hydrogens (tertiary/aromatic N) is 4. The van der Waals surface area contributed by atoms with Crippen molar-refractivity contribution < 1.29 is 4.39 Å². The number of aromatic nitrogens is 4. The van der Waals surface area contributed by atoms with Crippen LogP contribution in [0.4, 0.5) is 16.0 Å². The molecule has 3 heterocycles. The SMILES string of the molecule is Cn1c(NCCNc2c3c(nc4ccccc24)CCCC3)nc(-c2ccncc2F)cc1=O. The van der Waals surface area contributed by atoms with Gasteiger partial charge in [0.1, 0.15) is 0 Å². The highest BCUT2D eigenvalue weighted by Crippen LogP contribution is 2.33. The van der Waals surface area contributed by atoms with Gasteiger partial charge in [-0.25, -0.2) is 9.37 Å². The van der Waals surface area contributed by atoms with E-state index in [1.807, 2.05) is 12.1 Å². The molecule has 0 atom stereocenters. The third-order valence-electron chi connectivity index (χ3n) is 6.06. The third-order valence-corrected chi connectivity index (χ3v) is 6.06. The lowest BCUT2D eigenvalue weighted by Crippen LogP contribution is -2.24. The van der Waals surface area contributed by atoms with Gasteiger partial charge < -0.3 is 10.6 Å². The summed E-state index contributed by atoms with van der Waals surface area (Å²) in [7, 11) is 1.64. The van der Waals surface area contributed by atoms with Crippen LogP contribution in [-0.4, -0.2) is 32.6 Å². The Kier molecular flexibility index (Phi) is 5.73. The molecule has 3 aromatic heterocycles. The van der Waals surface area contributed by atoms with Crippen LogP contribution >= 0.6 is 0 Å². The number of fused-ring (bicyclic) bond motifs is 2. The van der Waals surface area contributed by atoms with Gasteiger partial charge in [0.25, 0.3) is 5.56 Å². The molecular weight excluding hydrogens is 419 g/mol. The molecule has 5 rings (SSSR count). The second kappa shape index (κ2) is 8.97. The van der Waals surface area contributed by atoms with E-state index in [1.165, 1.54) is 47.0 Å². The molecule has 4 aromatic rings. The van der Waals surface area contributed by atoms with E-state index >= 15 is 0 Å². The van der Waals surface area contributed by atoms with Crippen LogP contribution in [0.25, 0.3) is 22.2 Å². The van der Waals surface area contributed by atoms with Gasteiger partial charge in [0, 0.05) is 54.7 Å². The highest BCUT2D eigenvalue weighted by Gasteiger charge is 2.18. The average molecular weight is 445 g/mol. The molecule has 0 spiro atoms. The summed E-state index contributed by atoms with van der Waals surface area (Å²) in [5.41, 5.74) is 4.91. The van der Waals surface area contributed by atoms with E-state index in [1.54, 1.807) is 7.05 Å². The predicted molar refractivity (Wildman–Crippen MR) is 128 cm³/mol. The standard InChI is InChI=1S/C25H25FN6O/c1-32-23(33)14-22(16-10-11-27-15-19(16)26)31-25(32)29-13-12-28-24-17-6-2-4-8-20(17)30-21-9-5-3-7-18(21)24/h2,4,6,8,10-11,14-15H,3,5,7,9,12-13H2,1H3,(H,28,30)(H,29,31). The number of aryl methyl sites for hydroxylation is 1. The van der Waals surface area contributed by atoms with Crippen molar-refractivity contribution in [1.82, 2.24) is 19.5 Å². The zero-order chi connectivity index (χ0) is 22.8. The summed E-state index contributed by atoms with van der Waals surface area (Å²) in [4.78, 5) is 25.5. The normalized spacial score (nSPS) is 13.0. The number of rotatable bonds is 6. The lowest BCUT2D eigenvalue weighted by Gasteiger charge is -2.22. The number of anilines is 2. The van der Waals surface area contributed by atoms with Gasteiger partial charge in [-0.05, 0) is 43.4 Å². The van der Waals surface area contributed by atoms with Crippen LogP contribution in [0.15, 0.2) is 53.6 Å². The van der Waals surface area contributed by atoms with Crippen LogP contribution in [0.3, 0.4) is 0 Å². The summed E-state index contributed by atoms with van der Waals surface area (Å²) in [6.45, 7) is 1.16. The molecule has 0 radical (unpaired) electrons. The Balaban J connectivity index is 1.36. The first-order valence-corrected chi connectivity index (χ1v) is 11.2. The van der Waals surface area contributed by atoms with Gasteiger partial charge in [-0.2, -0.15) is 0 Å². The zero-order valence-electron chi connectivity index (χ0n) is 18.4. The highest BCUT2D eigenvalue weighted by atomic mass is 19.1. The van der Waals surface area contributed by atoms with Crippen molar-refractivity contribution in [3.05, 3.63) is 76.2 Å². The first kappa shape index (κ1) is 21.1. The molecule has 0 saturated carbocycles. The molecule has 0 aliphatic heterocycles. The van der Waals surface area contributed by atoms with Crippen molar-refractivity contribution in [3.63, 3.8) is 0 Å². The predicted octanol–water partition coefficient (Wildman–Crippen LogP) is 3.93. The summed E-state index contributed by atoms with van der Waals surface area (Å²) in [5.74, 6) is -0.127. The summed E-state index contributed by atoms with van der Waals surface area (Å²) in [5, 5.41) is 7.93. The third kappa shape index (κ3) is 4.16. The Morgan fingerprint density at radius 1 is 1.06 bits per heavy atom. The van der Waals surface area contributed by atoms with Crippen LogP contribution in [0.1, 0.15) is 24.1 Å². The lowest BCUT2D eigenvalue weighted by atomic mass is 9.92. The number of halogens is 1. The van der Waals surface area contributed by atoms with Gasteiger partial charge in [0.2, 0.25) is 5.95 Å². The Morgan fingerprint density at radius 3 is 2.76 bits per heavy atom. The van der Waals surface area contributed by atoms with Crippen LogP contribution in [-0.2, 0) is 19.9 Å². The second-order valence-corrected chi connectivity index (χ2v) is 8.21. The van der Waals surface area contributed by atoms with E-state index in [9.17, 15) is 9.18 Å². The van der Waals surface area contributed by atoms with Gasteiger partial charge in [-0.3, -0.25) is 19.3 Å². The molecule has 2 N–H and O–H groups in total. The number of pyridine rings is 2. The molecule has 8 heteroatoms. The van der Waals surface area contributed by atoms with Gasteiger partial charge in [-0.1, -0.05) is 18.2 Å². The molecule has 0 fully saturated rings. The van der Waals surface area contributed by atoms with Crippen molar-refractivity contribution in [1.29, 1.82) is 0 Å². The number of hydrogen-bond acceptors (Lipinski definition) is 6. The zero-order valence-corrected chi connectivity index (χ0v) is 18.4. The van der Waals surface area contributed by atoms with Crippen LogP contribution in [0, 0.1) is 5.82 Å².